The highest BCUT2D eigenvalue weighted by molar-refractivity contribution is 6.05. The van der Waals surface area contributed by atoms with E-state index in [9.17, 15) is 19.5 Å². The van der Waals surface area contributed by atoms with Crippen LogP contribution in [-0.4, -0.2) is 58.1 Å². The smallest absolute Gasteiger partial charge is 0.250 e. The van der Waals surface area contributed by atoms with Gasteiger partial charge in [-0.3, -0.25) is 14.4 Å². The van der Waals surface area contributed by atoms with Gasteiger partial charge < -0.3 is 25.4 Å². The number of hydrogen-bond acceptors (Lipinski definition) is 5. The summed E-state index contributed by atoms with van der Waals surface area (Å²) in [6, 6.07) is 22.8. The van der Waals surface area contributed by atoms with E-state index in [4.69, 9.17) is 4.74 Å². The summed E-state index contributed by atoms with van der Waals surface area (Å²) >= 11 is 0. The minimum Gasteiger partial charge on any atom is -0.394 e. The van der Waals surface area contributed by atoms with Gasteiger partial charge in [-0.2, -0.15) is 0 Å². The Bertz CT molecular complexity index is 1440. The first-order valence-corrected chi connectivity index (χ1v) is 14.2. The third-order valence-electron chi connectivity index (χ3n) is 8.98. The van der Waals surface area contributed by atoms with E-state index in [1.165, 1.54) is 4.90 Å². The second-order valence-electron chi connectivity index (χ2n) is 11.4. The van der Waals surface area contributed by atoms with Gasteiger partial charge in [0, 0.05) is 11.4 Å². The van der Waals surface area contributed by atoms with Crippen LogP contribution in [0.1, 0.15) is 29.5 Å². The molecule has 0 radical (unpaired) electrons. The summed E-state index contributed by atoms with van der Waals surface area (Å²) in [6.07, 6.45) is 0.948. The number of nitrogens with one attached hydrogen (secondary N) is 2. The van der Waals surface area contributed by atoms with Crippen molar-refractivity contribution in [3.8, 4) is 0 Å². The Morgan fingerprint density at radius 3 is 2.27 bits per heavy atom. The zero-order chi connectivity index (χ0) is 28.7. The number of anilines is 2. The lowest BCUT2D eigenvalue weighted by Crippen LogP contribution is -2.56. The number of hydrogen-bond donors (Lipinski definition) is 3. The maximum atomic E-state index is 14.4. The summed E-state index contributed by atoms with van der Waals surface area (Å²) in [4.78, 5) is 43.9. The van der Waals surface area contributed by atoms with Crippen molar-refractivity contribution in [2.75, 3.05) is 17.2 Å². The van der Waals surface area contributed by atoms with E-state index < -0.39 is 35.6 Å². The van der Waals surface area contributed by atoms with Crippen molar-refractivity contribution in [1.82, 2.24) is 4.90 Å². The highest BCUT2D eigenvalue weighted by Gasteiger charge is 2.75. The summed E-state index contributed by atoms with van der Waals surface area (Å²) in [5.41, 5.74) is 2.92. The molecule has 8 nitrogen and oxygen atoms in total. The van der Waals surface area contributed by atoms with Gasteiger partial charge >= 0.3 is 0 Å². The quantitative estimate of drug-likeness (QED) is 0.393. The van der Waals surface area contributed by atoms with Gasteiger partial charge in [-0.25, -0.2) is 0 Å². The molecule has 1 spiro atoms. The number of aryl methyl sites for hydroxylation is 2. The van der Waals surface area contributed by atoms with Gasteiger partial charge in [0.05, 0.1) is 30.6 Å². The molecule has 0 aromatic heterocycles. The van der Waals surface area contributed by atoms with Crippen molar-refractivity contribution < 1.29 is 24.2 Å². The number of fused-ring (bicyclic) bond motifs is 1. The summed E-state index contributed by atoms with van der Waals surface area (Å²) in [5, 5.41) is 16.6. The average molecular weight is 554 g/mol. The summed E-state index contributed by atoms with van der Waals surface area (Å²) in [6.45, 7) is 3.52. The Hall–Kier alpha value is -4.01. The Kier molecular flexibility index (Phi) is 7.13. The van der Waals surface area contributed by atoms with Gasteiger partial charge in [0.1, 0.15) is 11.6 Å². The molecule has 41 heavy (non-hydrogen) atoms. The number of aliphatic hydroxyl groups excluding tert-OH is 1. The van der Waals surface area contributed by atoms with Crippen molar-refractivity contribution in [3.05, 3.63) is 95.6 Å². The number of para-hydroxylation sites is 2. The molecule has 212 valence electrons. The van der Waals surface area contributed by atoms with Gasteiger partial charge in [-0.1, -0.05) is 66.7 Å². The van der Waals surface area contributed by atoms with Crippen LogP contribution in [-0.2, 0) is 25.5 Å². The van der Waals surface area contributed by atoms with Gasteiger partial charge in [0.2, 0.25) is 17.7 Å². The number of benzene rings is 3. The molecule has 3 saturated heterocycles. The van der Waals surface area contributed by atoms with Crippen LogP contribution in [0.2, 0.25) is 0 Å². The molecule has 6 rings (SSSR count). The van der Waals surface area contributed by atoms with E-state index in [-0.39, 0.29) is 24.3 Å². The molecule has 0 aliphatic carbocycles. The second-order valence-corrected chi connectivity index (χ2v) is 11.4. The standard InChI is InChI=1S/C33H35N3O5/c1-20-10-9-11-21(2)28(20)35-31(39)29-33-17-16-25(41-33)26(30(38)34-23-14-7-4-8-15-23)27(33)32(40)36(29)24(19-37)18-22-12-5-3-6-13-22/h3-15,24-27,29,37H,16-19H2,1-2H3,(H,34,38)(H,35,39)/t24-,25+,26-,27+,29?,33?/m1/s1. The number of ether oxygens (including phenoxy) is 1. The molecule has 3 amide bonds. The molecule has 3 fully saturated rings. The van der Waals surface area contributed by atoms with E-state index in [1.807, 2.05) is 80.6 Å². The maximum Gasteiger partial charge on any atom is 0.250 e. The van der Waals surface area contributed by atoms with Crippen molar-refractivity contribution in [2.24, 2.45) is 11.8 Å². The fraction of sp³-hybridized carbons (Fsp3) is 0.364. The summed E-state index contributed by atoms with van der Waals surface area (Å²) in [7, 11) is 0. The first-order valence-electron chi connectivity index (χ1n) is 14.2. The number of aliphatic hydroxyl groups is 1. The van der Waals surface area contributed by atoms with Gasteiger partial charge in [0.15, 0.2) is 0 Å². The third kappa shape index (κ3) is 4.61. The SMILES string of the molecule is Cc1cccc(C)c1NC(=O)C1N([C@@H](CO)Cc2ccccc2)C(=O)[C@@H]2[C@H](C(=O)Nc3ccccc3)[C@@H]3CCC12O3. The van der Waals surface area contributed by atoms with E-state index in [2.05, 4.69) is 10.6 Å². The summed E-state index contributed by atoms with van der Waals surface area (Å²) < 4.78 is 6.57. The fourth-order valence-corrected chi connectivity index (χ4v) is 7.17. The van der Waals surface area contributed by atoms with Crippen molar-refractivity contribution >= 4 is 29.1 Å². The van der Waals surface area contributed by atoms with Crippen molar-refractivity contribution in [3.63, 3.8) is 0 Å². The molecule has 2 unspecified atom stereocenters. The Labute approximate surface area is 239 Å². The fourth-order valence-electron chi connectivity index (χ4n) is 7.17. The van der Waals surface area contributed by atoms with Crippen molar-refractivity contribution in [1.29, 1.82) is 0 Å². The first kappa shape index (κ1) is 27.2. The monoisotopic (exact) mass is 553 g/mol. The molecule has 3 N–H and O–H groups in total. The van der Waals surface area contributed by atoms with E-state index in [0.29, 0.717) is 30.6 Å². The number of carbonyl (C=O) groups is 3. The highest BCUT2D eigenvalue weighted by atomic mass is 16.5. The molecule has 0 saturated carbocycles. The summed E-state index contributed by atoms with van der Waals surface area (Å²) in [5.74, 6) is -2.55. The van der Waals surface area contributed by atoms with Crippen LogP contribution in [0, 0.1) is 25.7 Å². The molecule has 3 aliphatic rings. The molecule has 3 aliphatic heterocycles. The Morgan fingerprint density at radius 1 is 0.951 bits per heavy atom. The van der Waals surface area contributed by atoms with Crippen LogP contribution >= 0.6 is 0 Å². The van der Waals surface area contributed by atoms with Crippen LogP contribution in [0.5, 0.6) is 0 Å². The molecule has 3 aromatic rings. The highest BCUT2D eigenvalue weighted by Crippen LogP contribution is 2.59. The van der Waals surface area contributed by atoms with E-state index in [1.54, 1.807) is 12.1 Å². The predicted molar refractivity (Wildman–Crippen MR) is 155 cm³/mol. The minimum atomic E-state index is -1.16. The lowest BCUT2D eigenvalue weighted by Gasteiger charge is -2.37. The molecule has 8 heteroatoms. The number of rotatable bonds is 8. The molecule has 3 aromatic carbocycles. The normalized spacial score (nSPS) is 27.0. The molecule has 6 atom stereocenters. The molecule has 2 bridgehead atoms. The van der Waals surface area contributed by atoms with Crippen molar-refractivity contribution in [2.45, 2.75) is 56.9 Å². The molecular formula is C33H35N3O5. The Balaban J connectivity index is 1.39. The largest absolute Gasteiger partial charge is 0.394 e. The zero-order valence-electron chi connectivity index (χ0n) is 23.2. The third-order valence-corrected chi connectivity index (χ3v) is 8.98. The predicted octanol–water partition coefficient (Wildman–Crippen LogP) is 3.86. The average Bonchev–Trinajstić information content (AvgIpc) is 3.62. The number of carbonyl (C=O) groups excluding carboxylic acids is 3. The minimum absolute atomic E-state index is 0.291. The van der Waals surface area contributed by atoms with E-state index >= 15 is 0 Å². The maximum absolute atomic E-state index is 14.4. The topological polar surface area (TPSA) is 108 Å². The van der Waals surface area contributed by atoms with Crippen LogP contribution in [0.3, 0.4) is 0 Å². The van der Waals surface area contributed by atoms with E-state index in [0.717, 1.165) is 16.7 Å². The first-order chi connectivity index (χ1) is 19.8. The van der Waals surface area contributed by atoms with Gasteiger partial charge in [0.25, 0.3) is 0 Å². The number of amides is 3. The van der Waals surface area contributed by atoms with Crippen LogP contribution in [0.4, 0.5) is 11.4 Å². The number of likely N-dealkylation sites (tertiary alicyclic amines) is 1. The molecular weight excluding hydrogens is 518 g/mol. The lowest BCUT2D eigenvalue weighted by atomic mass is 9.70. The lowest BCUT2D eigenvalue weighted by molar-refractivity contribution is -0.143. The van der Waals surface area contributed by atoms with Crippen LogP contribution < -0.4 is 10.6 Å². The second kappa shape index (κ2) is 10.8. The molecule has 3 heterocycles. The van der Waals surface area contributed by atoms with Crippen LogP contribution in [0.15, 0.2) is 78.9 Å². The van der Waals surface area contributed by atoms with Crippen LogP contribution in [0.25, 0.3) is 0 Å². The van der Waals surface area contributed by atoms with Gasteiger partial charge in [-0.05, 0) is 61.9 Å². The Morgan fingerprint density at radius 2 is 1.61 bits per heavy atom. The van der Waals surface area contributed by atoms with Gasteiger partial charge in [-0.15, -0.1) is 0 Å². The zero-order valence-corrected chi connectivity index (χ0v) is 23.2. The number of nitrogens with zero attached hydrogens (tertiary/aromatic N) is 1.